The fraction of sp³-hybridized carbons (Fsp3) is 0. The lowest BCUT2D eigenvalue weighted by atomic mass is 10.0. The number of nitrogens with zero attached hydrogens (tertiary/aromatic N) is 2. The zero-order chi connectivity index (χ0) is 14.9. The molecule has 4 aromatic rings. The van der Waals surface area contributed by atoms with Gasteiger partial charge in [0, 0.05) is 15.7 Å². The minimum atomic E-state index is 1.02. The Labute approximate surface area is 137 Å². The predicted molar refractivity (Wildman–Crippen MR) is 94.2 cm³/mol. The van der Waals surface area contributed by atoms with Gasteiger partial charge in [-0.2, -0.15) is 0 Å². The van der Waals surface area contributed by atoms with Gasteiger partial charge in [0.05, 0.1) is 11.0 Å². The molecule has 106 valence electrons. The Morgan fingerprint density at radius 2 is 1.64 bits per heavy atom. The minimum absolute atomic E-state index is 1.02. The number of imidazole rings is 1. The van der Waals surface area contributed by atoms with Crippen LogP contribution in [0.5, 0.6) is 0 Å². The van der Waals surface area contributed by atoms with Gasteiger partial charge < -0.3 is 0 Å². The third-order valence-electron chi connectivity index (χ3n) is 3.75. The second kappa shape index (κ2) is 5.43. The molecule has 4 rings (SSSR count). The average Bonchev–Trinajstić information content (AvgIpc) is 3.00. The zero-order valence-corrected chi connectivity index (χ0v) is 13.4. The number of benzene rings is 3. The van der Waals surface area contributed by atoms with Gasteiger partial charge in [-0.05, 0) is 29.8 Å². The van der Waals surface area contributed by atoms with Crippen LogP contribution in [0.2, 0.25) is 0 Å². The molecule has 3 aromatic carbocycles. The standard InChI is InChI=1S/C19H13BrN2/c20-15-8-4-9-16(12-15)22-13-21-19-17(10-5-11-18(19)22)14-6-2-1-3-7-14/h1-13H. The molecule has 0 spiro atoms. The smallest absolute Gasteiger partial charge is 0.100 e. The summed E-state index contributed by atoms with van der Waals surface area (Å²) < 4.78 is 3.18. The molecule has 0 unspecified atom stereocenters. The number of fused-ring (bicyclic) bond motifs is 1. The molecule has 22 heavy (non-hydrogen) atoms. The van der Waals surface area contributed by atoms with E-state index in [9.17, 15) is 0 Å². The second-order valence-corrected chi connectivity index (χ2v) is 6.05. The van der Waals surface area contributed by atoms with Gasteiger partial charge in [0.15, 0.2) is 0 Å². The lowest BCUT2D eigenvalue weighted by molar-refractivity contribution is 1.09. The number of hydrogen-bond acceptors (Lipinski definition) is 1. The van der Waals surface area contributed by atoms with Gasteiger partial charge in [-0.25, -0.2) is 4.98 Å². The first kappa shape index (κ1) is 13.3. The zero-order valence-electron chi connectivity index (χ0n) is 11.8. The van der Waals surface area contributed by atoms with E-state index in [1.54, 1.807) is 0 Å². The summed E-state index contributed by atoms with van der Waals surface area (Å²) in [6, 6.07) is 24.9. The molecular weight excluding hydrogens is 336 g/mol. The van der Waals surface area contributed by atoms with Crippen molar-refractivity contribution < 1.29 is 0 Å². The normalized spacial score (nSPS) is 11.0. The number of rotatable bonds is 2. The SMILES string of the molecule is Brc1cccc(-n2cnc3c(-c4ccccc4)cccc32)c1. The molecule has 3 heteroatoms. The van der Waals surface area contributed by atoms with E-state index < -0.39 is 0 Å². The molecule has 1 aromatic heterocycles. The van der Waals surface area contributed by atoms with Crippen molar-refractivity contribution in [1.29, 1.82) is 0 Å². The van der Waals surface area contributed by atoms with E-state index in [0.717, 1.165) is 26.8 Å². The Kier molecular flexibility index (Phi) is 3.28. The van der Waals surface area contributed by atoms with Crippen LogP contribution in [0.25, 0.3) is 27.8 Å². The summed E-state index contributed by atoms with van der Waals surface area (Å²) in [6.45, 7) is 0. The quantitative estimate of drug-likeness (QED) is 0.470. The monoisotopic (exact) mass is 348 g/mol. The van der Waals surface area contributed by atoms with E-state index in [1.807, 2.05) is 24.5 Å². The Bertz CT molecular complexity index is 942. The maximum Gasteiger partial charge on any atom is 0.100 e. The van der Waals surface area contributed by atoms with Crippen molar-refractivity contribution >= 4 is 27.0 Å². The first-order chi connectivity index (χ1) is 10.8. The van der Waals surface area contributed by atoms with Crippen LogP contribution in [0.4, 0.5) is 0 Å². The van der Waals surface area contributed by atoms with E-state index >= 15 is 0 Å². The molecule has 0 aliphatic rings. The van der Waals surface area contributed by atoms with Crippen LogP contribution in [0.1, 0.15) is 0 Å². The molecule has 1 heterocycles. The van der Waals surface area contributed by atoms with E-state index in [4.69, 9.17) is 0 Å². The molecule has 0 aliphatic heterocycles. The minimum Gasteiger partial charge on any atom is -0.299 e. The Morgan fingerprint density at radius 3 is 2.45 bits per heavy atom. The van der Waals surface area contributed by atoms with Gasteiger partial charge in [0.1, 0.15) is 6.33 Å². The van der Waals surface area contributed by atoms with Gasteiger partial charge in [0.2, 0.25) is 0 Å². The molecule has 0 saturated heterocycles. The fourth-order valence-corrected chi connectivity index (χ4v) is 3.11. The van der Waals surface area contributed by atoms with E-state index in [0.29, 0.717) is 0 Å². The number of halogens is 1. The highest BCUT2D eigenvalue weighted by Gasteiger charge is 2.09. The third kappa shape index (κ3) is 2.24. The van der Waals surface area contributed by atoms with Crippen LogP contribution in [0.3, 0.4) is 0 Å². The van der Waals surface area contributed by atoms with Crippen molar-refractivity contribution in [1.82, 2.24) is 9.55 Å². The number of hydrogen-bond donors (Lipinski definition) is 0. The molecular formula is C19H13BrN2. The van der Waals surface area contributed by atoms with Crippen LogP contribution >= 0.6 is 15.9 Å². The first-order valence-corrected chi connectivity index (χ1v) is 7.90. The van der Waals surface area contributed by atoms with Crippen LogP contribution in [0.15, 0.2) is 83.6 Å². The molecule has 0 atom stereocenters. The lowest BCUT2D eigenvalue weighted by Crippen LogP contribution is -1.91. The molecule has 0 fully saturated rings. The topological polar surface area (TPSA) is 17.8 Å². The largest absolute Gasteiger partial charge is 0.299 e. The Balaban J connectivity index is 1.94. The number of para-hydroxylation sites is 1. The van der Waals surface area contributed by atoms with Crippen molar-refractivity contribution in [3.8, 4) is 16.8 Å². The Hall–Kier alpha value is -2.39. The van der Waals surface area contributed by atoms with Gasteiger partial charge in [-0.3, -0.25) is 4.57 Å². The van der Waals surface area contributed by atoms with Crippen molar-refractivity contribution in [3.63, 3.8) is 0 Å². The predicted octanol–water partition coefficient (Wildman–Crippen LogP) is 5.46. The Morgan fingerprint density at radius 1 is 0.818 bits per heavy atom. The van der Waals surface area contributed by atoms with Crippen LogP contribution in [0, 0.1) is 0 Å². The van der Waals surface area contributed by atoms with Crippen LogP contribution in [-0.4, -0.2) is 9.55 Å². The summed E-state index contributed by atoms with van der Waals surface area (Å²) in [5.41, 5.74) is 5.58. The van der Waals surface area contributed by atoms with Gasteiger partial charge in [-0.1, -0.05) is 64.5 Å². The molecule has 0 aliphatic carbocycles. The third-order valence-corrected chi connectivity index (χ3v) is 4.24. The summed E-state index contributed by atoms with van der Waals surface area (Å²) in [7, 11) is 0. The van der Waals surface area contributed by atoms with Crippen molar-refractivity contribution in [2.75, 3.05) is 0 Å². The van der Waals surface area contributed by atoms with Crippen molar-refractivity contribution in [3.05, 3.63) is 83.6 Å². The highest BCUT2D eigenvalue weighted by atomic mass is 79.9. The molecule has 0 saturated carbocycles. The van der Waals surface area contributed by atoms with E-state index in [1.165, 1.54) is 5.56 Å². The highest BCUT2D eigenvalue weighted by Crippen LogP contribution is 2.29. The van der Waals surface area contributed by atoms with Gasteiger partial charge >= 0.3 is 0 Å². The van der Waals surface area contributed by atoms with Gasteiger partial charge in [0.25, 0.3) is 0 Å². The van der Waals surface area contributed by atoms with Crippen LogP contribution < -0.4 is 0 Å². The maximum atomic E-state index is 4.65. The number of aromatic nitrogens is 2. The summed E-state index contributed by atoms with van der Waals surface area (Å²) in [4.78, 5) is 4.65. The molecule has 0 N–H and O–H groups in total. The van der Waals surface area contributed by atoms with Crippen molar-refractivity contribution in [2.45, 2.75) is 0 Å². The first-order valence-electron chi connectivity index (χ1n) is 7.10. The molecule has 0 bridgehead atoms. The summed E-state index contributed by atoms with van der Waals surface area (Å²) >= 11 is 3.53. The molecule has 0 amide bonds. The van der Waals surface area contributed by atoms with Crippen LogP contribution in [-0.2, 0) is 0 Å². The molecule has 0 radical (unpaired) electrons. The van der Waals surface area contributed by atoms with E-state index in [2.05, 4.69) is 80.1 Å². The second-order valence-electron chi connectivity index (χ2n) is 5.13. The summed E-state index contributed by atoms with van der Waals surface area (Å²) in [6.07, 6.45) is 1.89. The maximum absolute atomic E-state index is 4.65. The summed E-state index contributed by atoms with van der Waals surface area (Å²) in [5, 5.41) is 0. The average molecular weight is 349 g/mol. The van der Waals surface area contributed by atoms with E-state index in [-0.39, 0.29) is 0 Å². The van der Waals surface area contributed by atoms with Gasteiger partial charge in [-0.15, -0.1) is 0 Å². The molecule has 2 nitrogen and oxygen atoms in total. The fourth-order valence-electron chi connectivity index (χ4n) is 2.72. The van der Waals surface area contributed by atoms with Crippen molar-refractivity contribution in [2.24, 2.45) is 0 Å². The summed E-state index contributed by atoms with van der Waals surface area (Å²) in [5.74, 6) is 0. The highest BCUT2D eigenvalue weighted by molar-refractivity contribution is 9.10. The lowest BCUT2D eigenvalue weighted by Gasteiger charge is -2.06.